The second-order valence-electron chi connectivity index (χ2n) is 20.0. The van der Waals surface area contributed by atoms with E-state index in [9.17, 15) is 28.0 Å². The molecule has 2 aliphatic heterocycles. The van der Waals surface area contributed by atoms with E-state index in [1.165, 1.54) is 66.5 Å². The number of hydrogen-bond acceptors (Lipinski definition) is 8. The maximum atomic E-state index is 14.9. The molecule has 6 rings (SSSR count). The average Bonchev–Trinajstić information content (AvgIpc) is 3.65. The summed E-state index contributed by atoms with van der Waals surface area (Å²) in [6.07, 6.45) is 16.0. The number of carbonyl (C=O) groups is 4. The summed E-state index contributed by atoms with van der Waals surface area (Å²) in [5, 5.41) is 2.69. The third-order valence-electron chi connectivity index (χ3n) is 14.3. The number of aryl methyl sites for hydroxylation is 4. The Kier molecular flexibility index (Phi) is 32.6. The van der Waals surface area contributed by atoms with Gasteiger partial charge in [-0.2, -0.15) is 6.42 Å². The molecule has 0 radical (unpaired) electrons. The number of ketones is 1. The number of aldehydes is 1. The van der Waals surface area contributed by atoms with E-state index in [-0.39, 0.29) is 87.1 Å². The first kappa shape index (κ1) is 72.1. The number of fused-ring (bicyclic) bond motifs is 1. The number of anilines is 2. The van der Waals surface area contributed by atoms with E-state index >= 15 is 0 Å². The number of amides is 2. The van der Waals surface area contributed by atoms with Crippen LogP contribution in [0.3, 0.4) is 0 Å². The number of rotatable bonds is 19. The Labute approximate surface area is 517 Å². The van der Waals surface area contributed by atoms with Crippen molar-refractivity contribution in [2.45, 2.75) is 172 Å². The van der Waals surface area contributed by atoms with Crippen molar-refractivity contribution >= 4 is 46.9 Å². The number of halogens is 2. The van der Waals surface area contributed by atoms with Crippen LogP contribution in [0.4, 0.5) is 20.2 Å². The molecule has 3 N–H and O–H groups in total. The first-order valence-corrected chi connectivity index (χ1v) is 28.0. The molecule has 1 aromatic heterocycles. The molecule has 0 spiro atoms. The van der Waals surface area contributed by atoms with Gasteiger partial charge >= 0.3 is 51.4 Å². The van der Waals surface area contributed by atoms with E-state index in [0.29, 0.717) is 30.4 Å². The van der Waals surface area contributed by atoms with Crippen LogP contribution in [0.5, 0.6) is 0 Å². The summed E-state index contributed by atoms with van der Waals surface area (Å²) in [4.78, 5) is 56.8. The summed E-state index contributed by atoms with van der Waals surface area (Å²) in [5.74, 6) is -0.891. The van der Waals surface area contributed by atoms with Gasteiger partial charge in [-0.15, -0.1) is 0 Å². The molecule has 2 atom stereocenters. The van der Waals surface area contributed by atoms with Crippen LogP contribution in [0.15, 0.2) is 102 Å². The zero-order valence-electron chi connectivity index (χ0n) is 51.3. The van der Waals surface area contributed by atoms with Gasteiger partial charge in [0, 0.05) is 79.8 Å². The summed E-state index contributed by atoms with van der Waals surface area (Å²) in [7, 11) is 3.30. The van der Waals surface area contributed by atoms with Crippen molar-refractivity contribution < 1.29 is 79.3 Å². The van der Waals surface area contributed by atoms with Gasteiger partial charge in [0.25, 0.3) is 0 Å². The van der Waals surface area contributed by atoms with Crippen LogP contribution in [0.1, 0.15) is 183 Å². The van der Waals surface area contributed by atoms with E-state index in [0.717, 1.165) is 69.9 Å². The van der Waals surface area contributed by atoms with Gasteiger partial charge < -0.3 is 27.8 Å². The largest absolute Gasteiger partial charge is 1.00 e. The number of Topliss-reactive ketones (excluding diaryl/α,β-unsaturated/α-hetero) is 1. The Morgan fingerprint density at radius 3 is 2.08 bits per heavy atom. The number of nitrogens with zero attached hydrogens (tertiary/aromatic N) is 4. The molecule has 0 aliphatic carbocycles. The predicted molar refractivity (Wildman–Crippen MR) is 324 cm³/mol. The quantitative estimate of drug-likeness (QED) is 0.0237. The minimum atomic E-state index is -0.685. The van der Waals surface area contributed by atoms with Gasteiger partial charge in [-0.25, -0.2) is 8.78 Å². The number of primary amides is 1. The normalized spacial score (nSPS) is 14.7. The molecule has 2 aliphatic rings. The summed E-state index contributed by atoms with van der Waals surface area (Å²) in [5.41, 5.74) is 17.0. The number of nitrogens with two attached hydrogens (primary N) is 1. The number of nitrogens with one attached hydrogen (secondary N) is 1. The molecule has 426 valence electrons. The second-order valence-corrected chi connectivity index (χ2v) is 20.0. The van der Waals surface area contributed by atoms with Gasteiger partial charge in [0.15, 0.2) is 11.6 Å². The zero-order chi connectivity index (χ0) is 59.0. The molecule has 2 amide bonds. The van der Waals surface area contributed by atoms with Gasteiger partial charge in [-0.3, -0.25) is 29.1 Å². The molecule has 3 aromatic carbocycles. The molecule has 0 fully saturated rings. The Balaban J connectivity index is 0.000000661. The van der Waals surface area contributed by atoms with Gasteiger partial charge in [-0.05, 0) is 139 Å². The molecule has 0 saturated carbocycles. The van der Waals surface area contributed by atoms with E-state index in [2.05, 4.69) is 100 Å². The summed E-state index contributed by atoms with van der Waals surface area (Å²) < 4.78 is 29.7. The van der Waals surface area contributed by atoms with E-state index < -0.39 is 23.2 Å². The van der Waals surface area contributed by atoms with Crippen molar-refractivity contribution in [3.8, 4) is 0 Å². The number of benzene rings is 3. The first-order chi connectivity index (χ1) is 37.1. The molecule has 2 unspecified atom stereocenters. The van der Waals surface area contributed by atoms with E-state index in [1.807, 2.05) is 79.7 Å². The predicted octanol–water partition coefficient (Wildman–Crippen LogP) is 11.9. The number of hydrogen-bond donors (Lipinski definition) is 2. The third kappa shape index (κ3) is 19.7. The Morgan fingerprint density at radius 1 is 0.962 bits per heavy atom. The number of likely N-dealkylation sites (N-methyl/N-ethyl adjacent to an activating group) is 1. The number of carbonyl (C=O) groups excluding carboxylic acids is 4. The molecular formula is C66H93F2KN6O4. The average molecular weight is 1110 g/mol. The molecule has 79 heavy (non-hydrogen) atoms. The smallest absolute Gasteiger partial charge is 0.386 e. The Hall–Kier alpha value is -4.89. The number of allylic oxidation sites excluding steroid dienone is 2. The monoisotopic (exact) mass is 1110 g/mol. The topological polar surface area (TPSA) is 129 Å². The van der Waals surface area contributed by atoms with Crippen molar-refractivity contribution in [2.75, 3.05) is 37.0 Å². The second kappa shape index (κ2) is 35.8. The van der Waals surface area contributed by atoms with Gasteiger partial charge in [-0.1, -0.05) is 121 Å². The van der Waals surface area contributed by atoms with Crippen LogP contribution >= 0.6 is 0 Å². The third-order valence-corrected chi connectivity index (χ3v) is 14.3. The van der Waals surface area contributed by atoms with Crippen LogP contribution in [0.25, 0.3) is 11.6 Å². The fourth-order valence-electron chi connectivity index (χ4n) is 9.72. The Bertz CT molecular complexity index is 2720. The molecular weight excluding hydrogens is 1020 g/mol. The summed E-state index contributed by atoms with van der Waals surface area (Å²) >= 11 is 0. The molecule has 0 bridgehead atoms. The van der Waals surface area contributed by atoms with Crippen molar-refractivity contribution in [1.29, 1.82) is 0 Å². The molecule has 10 nitrogen and oxygen atoms in total. The van der Waals surface area contributed by atoms with Crippen LogP contribution < -0.4 is 72.2 Å². The van der Waals surface area contributed by atoms with Gasteiger partial charge in [0.1, 0.15) is 12.1 Å². The van der Waals surface area contributed by atoms with Crippen molar-refractivity contribution in [3.05, 3.63) is 165 Å². The maximum absolute atomic E-state index is 14.9. The zero-order valence-corrected chi connectivity index (χ0v) is 54.4. The summed E-state index contributed by atoms with van der Waals surface area (Å²) in [6.45, 7) is 35.1. The van der Waals surface area contributed by atoms with Crippen LogP contribution in [-0.4, -0.2) is 73.0 Å². The number of aromatic nitrogens is 1. The van der Waals surface area contributed by atoms with E-state index in [1.54, 1.807) is 31.3 Å². The Morgan fingerprint density at radius 2 is 1.58 bits per heavy atom. The van der Waals surface area contributed by atoms with Gasteiger partial charge in [0.2, 0.25) is 11.8 Å². The summed E-state index contributed by atoms with van der Waals surface area (Å²) in [6, 6.07) is 19.3. The molecule has 0 saturated heterocycles. The van der Waals surface area contributed by atoms with Crippen molar-refractivity contribution in [3.63, 3.8) is 0 Å². The van der Waals surface area contributed by atoms with Crippen LogP contribution in [0.2, 0.25) is 0 Å². The van der Waals surface area contributed by atoms with Crippen molar-refractivity contribution in [1.82, 2.24) is 15.2 Å². The SMILES string of the molecule is CC.CC.CCCC(CCC)c1ccc(C)cc1.CNC(=C/C=O)/C(F)=C\N(C)c1ccnc(C)c1/C=C(\C)C(C)N1CC=C(c2c(C)cc(C(C)=O)cc2F)CC1.[CH2-]CC(C(N)=O)N1C(=O)C(C)(C)c2cc(CC)ccc21.[K+]. The molecule has 3 heterocycles. The standard InChI is InChI=1S/C32H38F2N4O2.C16H21N2O2.C14H22.2C2H6.K/c1-20(17-27-22(3)36-12-8-31(27)37(7)19-29(34)30(35-6)11-15-39)23(4)38-13-9-25(10-14-38)32-21(2)16-26(24(5)40)18-28(32)33;1-5-10-7-8-13-11(9-10)16(3,4)15(20)18(13)12(6-2)14(17)19;1-4-6-13(7-5-2)14-10-8-12(3)9-11-14;2*1-2;/h8-9,11-12,15-19,23,35H,10,13-14H2,1-7H3;7-9,12H,2,5-6H2,1,3-4H3,(H2,17,19);8-11,13H,4-7H2,1-3H3;2*1-2H3;/q;-1;;;;+1/b20-17+,29-19+,30-11+;;;;;. The fourth-order valence-corrected chi connectivity index (χ4v) is 9.72. The van der Waals surface area contributed by atoms with Crippen molar-refractivity contribution in [2.24, 2.45) is 5.73 Å². The van der Waals surface area contributed by atoms with E-state index in [4.69, 9.17) is 5.73 Å². The molecule has 13 heteroatoms. The minimum Gasteiger partial charge on any atom is -0.386 e. The fraction of sp³-hybridized carbons (Fsp3) is 0.455. The maximum Gasteiger partial charge on any atom is 1.00 e. The van der Waals surface area contributed by atoms with Crippen LogP contribution in [0, 0.1) is 33.5 Å². The number of pyridine rings is 1. The first-order valence-electron chi connectivity index (χ1n) is 28.0. The van der Waals surface area contributed by atoms with Gasteiger partial charge in [0.05, 0.1) is 22.8 Å². The molecule has 4 aromatic rings. The minimum absolute atomic E-state index is 0. The van der Waals surface area contributed by atoms with Crippen LogP contribution in [-0.2, 0) is 26.2 Å².